The Morgan fingerprint density at radius 1 is 0.829 bits per heavy atom. The number of aliphatic carboxylic acids is 2. The van der Waals surface area contributed by atoms with Gasteiger partial charge in [0, 0.05) is 6.42 Å². The second kappa shape index (κ2) is 13.6. The van der Waals surface area contributed by atoms with E-state index in [0.29, 0.717) is 5.56 Å². The van der Waals surface area contributed by atoms with Crippen LogP contribution in [0.5, 0.6) is 0 Å². The maximum atomic E-state index is 12.9. The van der Waals surface area contributed by atoms with Crippen molar-refractivity contribution < 1.29 is 39.0 Å². The van der Waals surface area contributed by atoms with Crippen molar-refractivity contribution in [1.82, 2.24) is 16.0 Å². The quantitative estimate of drug-likeness (QED) is 0.153. The van der Waals surface area contributed by atoms with Crippen LogP contribution in [0.25, 0.3) is 0 Å². The zero-order chi connectivity index (χ0) is 26.7. The molecule has 4 atom stereocenters. The Kier molecular flexibility index (Phi) is 11.3. The van der Waals surface area contributed by atoms with Crippen LogP contribution in [-0.4, -0.2) is 69.9 Å². The SMILES string of the molecule is CC(C)C(NC(=O)C(Cc1ccccc1)NC(=O)C(CC(=O)O)NC(=O)C(N)CC(N)=O)C(=O)O. The molecule has 13 heteroatoms. The predicted molar refractivity (Wildman–Crippen MR) is 122 cm³/mol. The average molecular weight is 494 g/mol. The van der Waals surface area contributed by atoms with Crippen molar-refractivity contribution in [2.45, 2.75) is 57.3 Å². The zero-order valence-electron chi connectivity index (χ0n) is 19.4. The number of hydrogen-bond acceptors (Lipinski definition) is 7. The lowest BCUT2D eigenvalue weighted by Crippen LogP contribution is -2.58. The van der Waals surface area contributed by atoms with Crippen LogP contribution in [0, 0.1) is 5.92 Å². The van der Waals surface area contributed by atoms with Gasteiger partial charge in [-0.25, -0.2) is 4.79 Å². The van der Waals surface area contributed by atoms with E-state index < -0.39 is 78.5 Å². The molecule has 4 unspecified atom stereocenters. The first kappa shape index (κ1) is 29.0. The largest absolute Gasteiger partial charge is 0.481 e. The highest BCUT2D eigenvalue weighted by atomic mass is 16.4. The second-order valence-electron chi connectivity index (χ2n) is 8.26. The van der Waals surface area contributed by atoms with Crippen LogP contribution < -0.4 is 27.4 Å². The monoisotopic (exact) mass is 493 g/mol. The molecule has 0 radical (unpaired) electrons. The third kappa shape index (κ3) is 10.2. The van der Waals surface area contributed by atoms with Gasteiger partial charge in [0.05, 0.1) is 18.9 Å². The fourth-order valence-corrected chi connectivity index (χ4v) is 3.07. The summed E-state index contributed by atoms with van der Waals surface area (Å²) >= 11 is 0. The van der Waals surface area contributed by atoms with Crippen LogP contribution in [0.2, 0.25) is 0 Å². The van der Waals surface area contributed by atoms with Crippen LogP contribution in [0.4, 0.5) is 0 Å². The van der Waals surface area contributed by atoms with Crippen molar-refractivity contribution in [3.05, 3.63) is 35.9 Å². The van der Waals surface area contributed by atoms with Gasteiger partial charge in [-0.05, 0) is 11.5 Å². The minimum absolute atomic E-state index is 0.0439. The molecule has 0 heterocycles. The molecule has 1 rings (SSSR count). The van der Waals surface area contributed by atoms with Crippen LogP contribution in [0.15, 0.2) is 30.3 Å². The van der Waals surface area contributed by atoms with E-state index >= 15 is 0 Å². The number of hydrogen-bond donors (Lipinski definition) is 7. The fraction of sp³-hybridized carbons (Fsp3) is 0.455. The molecule has 192 valence electrons. The summed E-state index contributed by atoms with van der Waals surface area (Å²) in [7, 11) is 0. The lowest BCUT2D eigenvalue weighted by molar-refractivity contribution is -0.144. The van der Waals surface area contributed by atoms with Crippen molar-refractivity contribution in [1.29, 1.82) is 0 Å². The van der Waals surface area contributed by atoms with Gasteiger partial charge >= 0.3 is 11.9 Å². The Bertz CT molecular complexity index is 937. The summed E-state index contributed by atoms with van der Waals surface area (Å²) in [4.78, 5) is 71.8. The number of carboxylic acids is 2. The molecule has 0 aromatic heterocycles. The zero-order valence-corrected chi connectivity index (χ0v) is 19.4. The maximum absolute atomic E-state index is 12.9. The fourth-order valence-electron chi connectivity index (χ4n) is 3.07. The summed E-state index contributed by atoms with van der Waals surface area (Å²) in [6.45, 7) is 3.19. The molecule has 0 bridgehead atoms. The summed E-state index contributed by atoms with van der Waals surface area (Å²) in [5.74, 6) is -6.84. The molecular formula is C22H31N5O8. The third-order valence-corrected chi connectivity index (χ3v) is 4.92. The van der Waals surface area contributed by atoms with Crippen LogP contribution in [-0.2, 0) is 35.2 Å². The number of carbonyl (C=O) groups excluding carboxylic acids is 4. The number of amides is 4. The molecular weight excluding hydrogens is 462 g/mol. The van der Waals surface area contributed by atoms with E-state index in [1.807, 2.05) is 0 Å². The molecule has 0 saturated heterocycles. The highest BCUT2D eigenvalue weighted by Crippen LogP contribution is 2.08. The van der Waals surface area contributed by atoms with Gasteiger partial charge in [-0.15, -0.1) is 0 Å². The summed E-state index contributed by atoms with van der Waals surface area (Å²) in [6.07, 6.45) is -1.42. The Hall–Kier alpha value is -4.00. The van der Waals surface area contributed by atoms with Gasteiger partial charge in [0.15, 0.2) is 0 Å². The van der Waals surface area contributed by atoms with Crippen molar-refractivity contribution in [3.63, 3.8) is 0 Å². The number of rotatable bonds is 14. The molecule has 0 aliphatic heterocycles. The summed E-state index contributed by atoms with van der Waals surface area (Å²) in [5.41, 5.74) is 11.2. The lowest BCUT2D eigenvalue weighted by atomic mass is 10.0. The Morgan fingerprint density at radius 2 is 1.37 bits per heavy atom. The first-order chi connectivity index (χ1) is 16.3. The normalized spacial score (nSPS) is 14.2. The number of carbonyl (C=O) groups is 6. The van der Waals surface area contributed by atoms with Gasteiger partial charge < -0.3 is 37.6 Å². The van der Waals surface area contributed by atoms with Gasteiger partial charge in [-0.2, -0.15) is 0 Å². The van der Waals surface area contributed by atoms with Gasteiger partial charge in [0.2, 0.25) is 23.6 Å². The first-order valence-corrected chi connectivity index (χ1v) is 10.7. The molecule has 0 aliphatic carbocycles. The number of primary amides is 1. The predicted octanol–water partition coefficient (Wildman–Crippen LogP) is -1.90. The summed E-state index contributed by atoms with van der Waals surface area (Å²) < 4.78 is 0. The molecule has 0 fully saturated rings. The minimum atomic E-state index is -1.63. The molecule has 1 aromatic rings. The molecule has 0 saturated carbocycles. The number of nitrogens with one attached hydrogen (secondary N) is 3. The van der Waals surface area contributed by atoms with E-state index in [4.69, 9.17) is 16.6 Å². The highest BCUT2D eigenvalue weighted by molar-refractivity contribution is 5.96. The van der Waals surface area contributed by atoms with Gasteiger partial charge in [-0.1, -0.05) is 44.2 Å². The van der Waals surface area contributed by atoms with Crippen molar-refractivity contribution >= 4 is 35.6 Å². The molecule has 1 aromatic carbocycles. The number of nitrogens with two attached hydrogens (primary N) is 2. The van der Waals surface area contributed by atoms with Crippen molar-refractivity contribution in [3.8, 4) is 0 Å². The van der Waals surface area contributed by atoms with Crippen LogP contribution in [0.1, 0.15) is 32.3 Å². The van der Waals surface area contributed by atoms with Gasteiger partial charge in [-0.3, -0.25) is 24.0 Å². The standard InChI is InChI=1S/C22H31N5O8/c1-11(2)18(22(34)35)27-21(33)14(8-12-6-4-3-5-7-12)26-20(32)15(10-17(29)30)25-19(31)13(23)9-16(24)28/h3-7,11,13-15,18H,8-10,23H2,1-2H3,(H2,24,28)(H,25,31)(H,26,32)(H,27,33)(H,29,30)(H,34,35). The van der Waals surface area contributed by atoms with Crippen molar-refractivity contribution in [2.24, 2.45) is 17.4 Å². The van der Waals surface area contributed by atoms with Crippen molar-refractivity contribution in [2.75, 3.05) is 0 Å². The van der Waals surface area contributed by atoms with E-state index in [9.17, 15) is 33.9 Å². The number of benzene rings is 1. The maximum Gasteiger partial charge on any atom is 0.326 e. The Labute approximate surface area is 201 Å². The topological polar surface area (TPSA) is 231 Å². The van der Waals surface area contributed by atoms with Crippen LogP contribution in [0.3, 0.4) is 0 Å². The first-order valence-electron chi connectivity index (χ1n) is 10.7. The van der Waals surface area contributed by atoms with E-state index in [-0.39, 0.29) is 6.42 Å². The Balaban J connectivity index is 3.13. The molecule has 35 heavy (non-hydrogen) atoms. The van der Waals surface area contributed by atoms with E-state index in [2.05, 4.69) is 16.0 Å². The van der Waals surface area contributed by atoms with E-state index in [0.717, 1.165) is 0 Å². The molecule has 13 nitrogen and oxygen atoms in total. The van der Waals surface area contributed by atoms with Crippen LogP contribution >= 0.6 is 0 Å². The molecule has 4 amide bonds. The van der Waals surface area contributed by atoms with Gasteiger partial charge in [0.1, 0.15) is 18.1 Å². The van der Waals surface area contributed by atoms with E-state index in [1.165, 1.54) is 0 Å². The lowest BCUT2D eigenvalue weighted by Gasteiger charge is -2.25. The second-order valence-corrected chi connectivity index (χ2v) is 8.26. The average Bonchev–Trinajstić information content (AvgIpc) is 2.75. The van der Waals surface area contributed by atoms with E-state index in [1.54, 1.807) is 44.2 Å². The minimum Gasteiger partial charge on any atom is -0.481 e. The Morgan fingerprint density at radius 3 is 1.86 bits per heavy atom. The molecule has 0 spiro atoms. The molecule has 9 N–H and O–H groups in total. The summed E-state index contributed by atoms with van der Waals surface area (Å²) in [6, 6.07) is 2.93. The smallest absolute Gasteiger partial charge is 0.326 e. The third-order valence-electron chi connectivity index (χ3n) is 4.92. The highest BCUT2D eigenvalue weighted by Gasteiger charge is 2.32. The summed E-state index contributed by atoms with van der Waals surface area (Å²) in [5, 5.41) is 25.5. The molecule has 0 aliphatic rings. The van der Waals surface area contributed by atoms with Gasteiger partial charge in [0.25, 0.3) is 0 Å². The number of carboxylic acid groups (broad SMARTS) is 2.